The summed E-state index contributed by atoms with van der Waals surface area (Å²) in [5.74, 6) is -0.993. The summed E-state index contributed by atoms with van der Waals surface area (Å²) < 4.78 is 16.8. The predicted molar refractivity (Wildman–Crippen MR) is 288 cm³/mol. The van der Waals surface area contributed by atoms with Crippen LogP contribution >= 0.6 is 0 Å². The van der Waals surface area contributed by atoms with Crippen LogP contribution in [0.15, 0.2) is 97.2 Å². The van der Waals surface area contributed by atoms with Crippen molar-refractivity contribution in [2.45, 2.75) is 258 Å². The third-order valence-electron chi connectivity index (χ3n) is 11.6. The summed E-state index contributed by atoms with van der Waals surface area (Å²) in [5, 5.41) is 0. The average Bonchev–Trinajstić information content (AvgIpc) is 3.33. The first-order chi connectivity index (χ1) is 33.0. The van der Waals surface area contributed by atoms with Crippen molar-refractivity contribution < 1.29 is 28.6 Å². The molecule has 0 aliphatic rings. The topological polar surface area (TPSA) is 78.9 Å². The fourth-order valence-corrected chi connectivity index (χ4v) is 7.44. The standard InChI is InChI=1S/C61H102O6/c1-4-7-10-13-16-19-22-24-26-28-30-32-34-36-39-42-45-48-51-54-60(63)66-57-58(56-65-59(62)53-50-47-44-41-38-21-18-15-12-9-6-3)67-61(64)55-52-49-46-43-40-37-35-33-31-29-27-25-23-20-17-14-11-8-5-2/h7,10,16-17,19-20,24-27,30,32,36,39,45,48,58H,4-6,8-9,11-15,18,21-23,28-29,31,33-35,37-38,40-44,46-47,49-57H2,1-3H3/b10-7-,19-16-,20-17-,26-24-,27-25-,32-30-,39-36-,48-45-/t58-/m0/s1. The van der Waals surface area contributed by atoms with Gasteiger partial charge in [0, 0.05) is 19.3 Å². The number of rotatable bonds is 49. The molecule has 0 aromatic heterocycles. The fraction of sp³-hybridized carbons (Fsp3) is 0.689. The second-order valence-electron chi connectivity index (χ2n) is 18.1. The molecule has 0 heterocycles. The summed E-state index contributed by atoms with van der Waals surface area (Å²) in [5.41, 5.74) is 0. The monoisotopic (exact) mass is 931 g/mol. The van der Waals surface area contributed by atoms with Crippen LogP contribution in [0, 0.1) is 0 Å². The van der Waals surface area contributed by atoms with Crippen LogP contribution in [0.1, 0.15) is 252 Å². The summed E-state index contributed by atoms with van der Waals surface area (Å²) in [6.45, 7) is 6.43. The van der Waals surface area contributed by atoms with Crippen molar-refractivity contribution in [3.05, 3.63) is 97.2 Å². The first-order valence-electron chi connectivity index (χ1n) is 27.7. The zero-order valence-electron chi connectivity index (χ0n) is 43.6. The van der Waals surface area contributed by atoms with Crippen molar-refractivity contribution in [2.24, 2.45) is 0 Å². The smallest absolute Gasteiger partial charge is 0.306 e. The van der Waals surface area contributed by atoms with Gasteiger partial charge in [-0.2, -0.15) is 0 Å². The van der Waals surface area contributed by atoms with E-state index in [4.69, 9.17) is 14.2 Å². The highest BCUT2D eigenvalue weighted by Crippen LogP contribution is 2.15. The van der Waals surface area contributed by atoms with Gasteiger partial charge in [-0.05, 0) is 89.9 Å². The molecule has 67 heavy (non-hydrogen) atoms. The Labute approximate surface area is 413 Å². The number of unbranched alkanes of at least 4 members (excludes halogenated alkanes) is 22. The third kappa shape index (κ3) is 53.2. The van der Waals surface area contributed by atoms with Gasteiger partial charge in [0.2, 0.25) is 0 Å². The van der Waals surface area contributed by atoms with Gasteiger partial charge in [-0.1, -0.05) is 240 Å². The van der Waals surface area contributed by atoms with Crippen molar-refractivity contribution in [1.82, 2.24) is 0 Å². The van der Waals surface area contributed by atoms with Gasteiger partial charge in [-0.15, -0.1) is 0 Å². The van der Waals surface area contributed by atoms with E-state index in [1.165, 1.54) is 122 Å². The molecule has 0 fully saturated rings. The minimum Gasteiger partial charge on any atom is -0.462 e. The molecule has 6 heteroatoms. The van der Waals surface area contributed by atoms with Crippen LogP contribution in [-0.4, -0.2) is 37.2 Å². The molecule has 0 bridgehead atoms. The molecule has 0 aromatic carbocycles. The van der Waals surface area contributed by atoms with Crippen molar-refractivity contribution >= 4 is 17.9 Å². The van der Waals surface area contributed by atoms with Crippen LogP contribution in [0.3, 0.4) is 0 Å². The lowest BCUT2D eigenvalue weighted by atomic mass is 10.1. The van der Waals surface area contributed by atoms with Crippen LogP contribution in [0.2, 0.25) is 0 Å². The lowest BCUT2D eigenvalue weighted by Gasteiger charge is -2.18. The van der Waals surface area contributed by atoms with Crippen molar-refractivity contribution in [3.8, 4) is 0 Å². The molecular formula is C61H102O6. The second kappa shape index (κ2) is 54.9. The molecule has 0 amide bonds. The van der Waals surface area contributed by atoms with E-state index in [0.717, 1.165) is 83.5 Å². The highest BCUT2D eigenvalue weighted by molar-refractivity contribution is 5.71. The summed E-state index contributed by atoms with van der Waals surface area (Å²) in [7, 11) is 0. The Hall–Kier alpha value is -3.67. The maximum Gasteiger partial charge on any atom is 0.306 e. The Morgan fingerprint density at radius 1 is 0.313 bits per heavy atom. The molecule has 0 rings (SSSR count). The maximum atomic E-state index is 12.8. The molecule has 0 aliphatic heterocycles. The van der Waals surface area contributed by atoms with Crippen molar-refractivity contribution in [1.29, 1.82) is 0 Å². The highest BCUT2D eigenvalue weighted by Gasteiger charge is 2.19. The van der Waals surface area contributed by atoms with E-state index in [0.29, 0.717) is 19.3 Å². The lowest BCUT2D eigenvalue weighted by molar-refractivity contribution is -0.166. The number of esters is 3. The molecule has 0 radical (unpaired) electrons. The van der Waals surface area contributed by atoms with E-state index >= 15 is 0 Å². The van der Waals surface area contributed by atoms with E-state index < -0.39 is 6.10 Å². The predicted octanol–water partition coefficient (Wildman–Crippen LogP) is 18.5. The normalized spacial score (nSPS) is 12.8. The van der Waals surface area contributed by atoms with E-state index in [9.17, 15) is 14.4 Å². The van der Waals surface area contributed by atoms with Gasteiger partial charge in [0.1, 0.15) is 13.2 Å². The maximum absolute atomic E-state index is 12.8. The van der Waals surface area contributed by atoms with E-state index in [1.807, 2.05) is 6.08 Å². The number of hydrogen-bond acceptors (Lipinski definition) is 6. The zero-order chi connectivity index (χ0) is 48.6. The van der Waals surface area contributed by atoms with Crippen LogP contribution < -0.4 is 0 Å². The highest BCUT2D eigenvalue weighted by atomic mass is 16.6. The van der Waals surface area contributed by atoms with Gasteiger partial charge >= 0.3 is 17.9 Å². The second-order valence-corrected chi connectivity index (χ2v) is 18.1. The molecule has 0 spiro atoms. The summed E-state index contributed by atoms with van der Waals surface area (Å²) in [6.07, 6.45) is 72.6. The summed E-state index contributed by atoms with van der Waals surface area (Å²) in [6, 6.07) is 0. The molecule has 1 atom stereocenters. The van der Waals surface area contributed by atoms with Gasteiger partial charge in [0.15, 0.2) is 6.10 Å². The van der Waals surface area contributed by atoms with Gasteiger partial charge in [-0.3, -0.25) is 14.4 Å². The van der Waals surface area contributed by atoms with Gasteiger partial charge in [-0.25, -0.2) is 0 Å². The van der Waals surface area contributed by atoms with Gasteiger partial charge in [0.25, 0.3) is 0 Å². The molecule has 0 aromatic rings. The molecule has 382 valence electrons. The zero-order valence-corrected chi connectivity index (χ0v) is 43.6. The SMILES string of the molecule is CC/C=C\C/C=C\C/C=C\C/C=C\C/C=C\C/C=C\CCC(=O)OC[C@H](COC(=O)CCCCCCCCCCCCC)OC(=O)CCCCCCCCCCC/C=C\C/C=C\CCCCC. The summed E-state index contributed by atoms with van der Waals surface area (Å²) in [4.78, 5) is 38.0. The molecular weight excluding hydrogens is 829 g/mol. The Balaban J connectivity index is 4.47. The molecule has 6 nitrogen and oxygen atoms in total. The Bertz CT molecular complexity index is 1350. The Morgan fingerprint density at radius 2 is 0.612 bits per heavy atom. The van der Waals surface area contributed by atoms with Crippen LogP contribution in [0.25, 0.3) is 0 Å². The van der Waals surface area contributed by atoms with Crippen molar-refractivity contribution in [3.63, 3.8) is 0 Å². The molecule has 0 saturated heterocycles. The largest absolute Gasteiger partial charge is 0.462 e. The Morgan fingerprint density at radius 3 is 1.03 bits per heavy atom. The third-order valence-corrected chi connectivity index (χ3v) is 11.6. The quantitative estimate of drug-likeness (QED) is 0.0262. The first-order valence-corrected chi connectivity index (χ1v) is 27.7. The number of carbonyl (C=O) groups excluding carboxylic acids is 3. The van der Waals surface area contributed by atoms with Gasteiger partial charge in [0.05, 0.1) is 0 Å². The van der Waals surface area contributed by atoms with E-state index in [1.54, 1.807) is 0 Å². The minimum atomic E-state index is -0.809. The van der Waals surface area contributed by atoms with Gasteiger partial charge < -0.3 is 14.2 Å². The van der Waals surface area contributed by atoms with E-state index in [2.05, 4.69) is 112 Å². The summed E-state index contributed by atoms with van der Waals surface area (Å²) >= 11 is 0. The number of allylic oxidation sites excluding steroid dienone is 16. The molecule has 0 saturated carbocycles. The Kier molecular flexibility index (Phi) is 51.9. The number of carbonyl (C=O) groups is 3. The van der Waals surface area contributed by atoms with Crippen LogP contribution in [0.5, 0.6) is 0 Å². The molecule has 0 aliphatic carbocycles. The number of hydrogen-bond donors (Lipinski definition) is 0. The lowest BCUT2D eigenvalue weighted by Crippen LogP contribution is -2.30. The molecule has 0 unspecified atom stereocenters. The fourth-order valence-electron chi connectivity index (χ4n) is 7.44. The minimum absolute atomic E-state index is 0.101. The molecule has 0 N–H and O–H groups in total. The number of ether oxygens (including phenoxy) is 3. The first kappa shape index (κ1) is 63.3. The van der Waals surface area contributed by atoms with Crippen LogP contribution in [-0.2, 0) is 28.6 Å². The average molecular weight is 931 g/mol. The van der Waals surface area contributed by atoms with Crippen molar-refractivity contribution in [2.75, 3.05) is 13.2 Å². The van der Waals surface area contributed by atoms with E-state index in [-0.39, 0.29) is 37.5 Å². The van der Waals surface area contributed by atoms with Crippen LogP contribution in [0.4, 0.5) is 0 Å².